The van der Waals surface area contributed by atoms with Gasteiger partial charge in [0.25, 0.3) is 0 Å². The van der Waals surface area contributed by atoms with Crippen LogP contribution < -0.4 is 5.32 Å². The van der Waals surface area contributed by atoms with Crippen LogP contribution in [0.2, 0.25) is 0 Å². The van der Waals surface area contributed by atoms with E-state index in [-0.39, 0.29) is 24.3 Å². The molecule has 0 aromatic heterocycles. The fraction of sp³-hybridized carbons (Fsp3) is 0.583. The van der Waals surface area contributed by atoms with Crippen molar-refractivity contribution in [2.45, 2.75) is 65.1 Å². The monoisotopic (exact) mass is 443 g/mol. The number of amides is 3. The molecule has 2 aliphatic rings. The molecule has 0 aliphatic carbocycles. The minimum absolute atomic E-state index is 0.199. The van der Waals surface area contributed by atoms with Crippen LogP contribution >= 0.6 is 0 Å². The smallest absolute Gasteiger partial charge is 0.318 e. The van der Waals surface area contributed by atoms with E-state index in [1.165, 1.54) is 0 Å². The highest BCUT2D eigenvalue weighted by Crippen LogP contribution is 2.26. The molecule has 0 radical (unpaired) electrons. The third kappa shape index (κ3) is 5.66. The standard InChI is InChI=1S/C24H33N3O5/c1-24(2,3)22(30)32-16-20(28)18-11-7-13-26(18)21(29)19-12-8-14-27(19)23(31)25-15-17-9-5-4-6-10-17/h4-6,9-10,18-19H,7-8,11-16H2,1-3H3,(H,25,31)/t18-,19-/m0/s1. The maximum Gasteiger partial charge on any atom is 0.318 e. The Morgan fingerprint density at radius 1 is 0.969 bits per heavy atom. The Hall–Kier alpha value is -2.90. The van der Waals surface area contributed by atoms with Crippen LogP contribution in [0.1, 0.15) is 52.0 Å². The molecular formula is C24H33N3O5. The van der Waals surface area contributed by atoms with Crippen LogP contribution in [0.4, 0.5) is 4.79 Å². The Kier molecular flexibility index (Phi) is 7.53. The quantitative estimate of drug-likeness (QED) is 0.682. The molecule has 3 rings (SSSR count). The number of carbonyl (C=O) groups excluding carboxylic acids is 4. The second-order valence-corrected chi connectivity index (χ2v) is 9.48. The zero-order valence-electron chi connectivity index (χ0n) is 19.1. The molecule has 174 valence electrons. The molecule has 0 unspecified atom stereocenters. The van der Waals surface area contributed by atoms with Crippen molar-refractivity contribution in [2.75, 3.05) is 19.7 Å². The first-order chi connectivity index (χ1) is 15.2. The summed E-state index contributed by atoms with van der Waals surface area (Å²) in [7, 11) is 0. The minimum Gasteiger partial charge on any atom is -0.457 e. The van der Waals surface area contributed by atoms with Crippen LogP contribution in [0, 0.1) is 5.41 Å². The number of nitrogens with one attached hydrogen (secondary N) is 1. The van der Waals surface area contributed by atoms with E-state index >= 15 is 0 Å². The number of benzene rings is 1. The summed E-state index contributed by atoms with van der Waals surface area (Å²) in [6.07, 6.45) is 2.58. The number of ketones is 1. The van der Waals surface area contributed by atoms with Gasteiger partial charge in [0.15, 0.2) is 12.4 Å². The predicted molar refractivity (Wildman–Crippen MR) is 119 cm³/mol. The number of rotatable bonds is 6. The van der Waals surface area contributed by atoms with Crippen LogP contribution in [0.25, 0.3) is 0 Å². The lowest BCUT2D eigenvalue weighted by atomic mass is 9.97. The summed E-state index contributed by atoms with van der Waals surface area (Å²) >= 11 is 0. The second-order valence-electron chi connectivity index (χ2n) is 9.48. The molecule has 32 heavy (non-hydrogen) atoms. The first kappa shape index (κ1) is 23.8. The van der Waals surface area contributed by atoms with Gasteiger partial charge in [-0.2, -0.15) is 0 Å². The third-order valence-corrected chi connectivity index (χ3v) is 5.95. The highest BCUT2D eigenvalue weighted by molar-refractivity contribution is 5.94. The fourth-order valence-electron chi connectivity index (χ4n) is 4.15. The van der Waals surface area contributed by atoms with Crippen molar-refractivity contribution in [1.29, 1.82) is 0 Å². The molecule has 2 aliphatic heterocycles. The van der Waals surface area contributed by atoms with E-state index in [0.717, 1.165) is 12.0 Å². The largest absolute Gasteiger partial charge is 0.457 e. The van der Waals surface area contributed by atoms with Crippen molar-refractivity contribution in [1.82, 2.24) is 15.1 Å². The Morgan fingerprint density at radius 2 is 1.59 bits per heavy atom. The van der Waals surface area contributed by atoms with Gasteiger partial charge in [-0.1, -0.05) is 30.3 Å². The van der Waals surface area contributed by atoms with Crippen LogP contribution in [0.15, 0.2) is 30.3 Å². The molecule has 3 amide bonds. The minimum atomic E-state index is -0.692. The van der Waals surface area contributed by atoms with E-state index in [4.69, 9.17) is 4.74 Å². The molecule has 1 aromatic rings. The van der Waals surface area contributed by atoms with Gasteiger partial charge in [-0.3, -0.25) is 14.4 Å². The van der Waals surface area contributed by atoms with Crippen molar-refractivity contribution in [3.63, 3.8) is 0 Å². The zero-order valence-corrected chi connectivity index (χ0v) is 19.1. The summed E-state index contributed by atoms with van der Waals surface area (Å²) in [4.78, 5) is 53.9. The molecule has 1 aromatic carbocycles. The third-order valence-electron chi connectivity index (χ3n) is 5.95. The van der Waals surface area contributed by atoms with Gasteiger partial charge in [-0.25, -0.2) is 4.79 Å². The van der Waals surface area contributed by atoms with Gasteiger partial charge < -0.3 is 19.9 Å². The van der Waals surface area contributed by atoms with Gasteiger partial charge >= 0.3 is 12.0 Å². The van der Waals surface area contributed by atoms with E-state index in [9.17, 15) is 19.2 Å². The number of Topliss-reactive ketones (excluding diaryl/α,β-unsaturated/α-hetero) is 1. The molecule has 2 fully saturated rings. The number of esters is 1. The Balaban J connectivity index is 1.58. The predicted octanol–water partition coefficient (Wildman–Crippen LogP) is 2.51. The number of hydrogen-bond donors (Lipinski definition) is 1. The number of carbonyl (C=O) groups is 4. The van der Waals surface area contributed by atoms with Crippen molar-refractivity contribution in [2.24, 2.45) is 5.41 Å². The molecule has 1 N–H and O–H groups in total. The number of ether oxygens (including phenoxy) is 1. The average molecular weight is 444 g/mol. The lowest BCUT2D eigenvalue weighted by Crippen LogP contribution is -2.53. The van der Waals surface area contributed by atoms with E-state index < -0.39 is 23.5 Å². The molecular weight excluding hydrogens is 410 g/mol. The maximum atomic E-state index is 13.3. The maximum absolute atomic E-state index is 13.3. The van der Waals surface area contributed by atoms with Gasteiger partial charge in [0, 0.05) is 19.6 Å². The summed E-state index contributed by atoms with van der Waals surface area (Å²) in [5, 5.41) is 2.89. The number of urea groups is 1. The summed E-state index contributed by atoms with van der Waals surface area (Å²) in [6.45, 7) is 6.21. The fourth-order valence-corrected chi connectivity index (χ4v) is 4.15. The zero-order chi connectivity index (χ0) is 23.3. The van der Waals surface area contributed by atoms with Crippen molar-refractivity contribution in [3.8, 4) is 0 Å². The van der Waals surface area contributed by atoms with Gasteiger partial charge in [0.05, 0.1) is 11.5 Å². The second kappa shape index (κ2) is 10.1. The van der Waals surface area contributed by atoms with Gasteiger partial charge in [0.1, 0.15) is 6.04 Å². The normalized spacial score (nSPS) is 20.8. The topological polar surface area (TPSA) is 96.0 Å². The van der Waals surface area contributed by atoms with E-state index in [1.54, 1.807) is 30.6 Å². The number of likely N-dealkylation sites (tertiary alicyclic amines) is 2. The van der Waals surface area contributed by atoms with Gasteiger partial charge in [-0.15, -0.1) is 0 Å². The van der Waals surface area contributed by atoms with E-state index in [1.807, 2.05) is 30.3 Å². The van der Waals surface area contributed by atoms with Crippen molar-refractivity contribution >= 4 is 23.7 Å². The van der Waals surface area contributed by atoms with Crippen LogP contribution in [-0.2, 0) is 25.7 Å². The average Bonchev–Trinajstić information content (AvgIpc) is 3.45. The molecule has 8 heteroatoms. The molecule has 0 bridgehead atoms. The Morgan fingerprint density at radius 3 is 2.25 bits per heavy atom. The first-order valence-corrected chi connectivity index (χ1v) is 11.3. The molecule has 2 saturated heterocycles. The summed E-state index contributed by atoms with van der Waals surface area (Å²) in [6, 6.07) is 8.14. The van der Waals surface area contributed by atoms with Crippen LogP contribution in [-0.4, -0.2) is 65.3 Å². The number of nitrogens with zero attached hydrogens (tertiary/aromatic N) is 2. The number of hydrogen-bond acceptors (Lipinski definition) is 5. The van der Waals surface area contributed by atoms with Crippen molar-refractivity contribution in [3.05, 3.63) is 35.9 Å². The molecule has 8 nitrogen and oxygen atoms in total. The van der Waals surface area contributed by atoms with Crippen LogP contribution in [0.3, 0.4) is 0 Å². The molecule has 2 atom stereocenters. The Bertz CT molecular complexity index is 849. The molecule has 2 heterocycles. The van der Waals surface area contributed by atoms with Crippen LogP contribution in [0.5, 0.6) is 0 Å². The SMILES string of the molecule is CC(C)(C)C(=O)OCC(=O)[C@@H]1CCCN1C(=O)[C@@H]1CCCN1C(=O)NCc1ccccc1. The molecule has 0 saturated carbocycles. The lowest BCUT2D eigenvalue weighted by Gasteiger charge is -2.31. The highest BCUT2D eigenvalue weighted by atomic mass is 16.5. The van der Waals surface area contributed by atoms with E-state index in [2.05, 4.69) is 5.32 Å². The summed E-state index contributed by atoms with van der Waals surface area (Å²) < 4.78 is 5.17. The highest BCUT2D eigenvalue weighted by Gasteiger charge is 2.42. The Labute approximate surface area is 189 Å². The van der Waals surface area contributed by atoms with Crippen molar-refractivity contribution < 1.29 is 23.9 Å². The summed E-state index contributed by atoms with van der Waals surface area (Å²) in [5.74, 6) is -0.916. The summed E-state index contributed by atoms with van der Waals surface area (Å²) in [5.41, 5.74) is 0.293. The van der Waals surface area contributed by atoms with E-state index in [0.29, 0.717) is 38.9 Å². The lowest BCUT2D eigenvalue weighted by molar-refractivity contribution is -0.157. The first-order valence-electron chi connectivity index (χ1n) is 11.3. The molecule has 0 spiro atoms. The van der Waals surface area contributed by atoms with Gasteiger partial charge in [-0.05, 0) is 52.0 Å². The van der Waals surface area contributed by atoms with Gasteiger partial charge in [0.2, 0.25) is 5.91 Å².